The molecule has 1 saturated heterocycles. The summed E-state index contributed by atoms with van der Waals surface area (Å²) in [6, 6.07) is 4.17. The first-order chi connectivity index (χ1) is 17.6. The van der Waals surface area contributed by atoms with Crippen LogP contribution < -0.4 is 10.6 Å². The standard InChI is InChI=1S/C31H41F3N2O2/c1-17-24(37)13-15-30(6)20-12-14-29(5)19(18(20)16-35-26(17)30)10-11-23(29)27(38)36-25-21(28(2,3)4)8-7-9-22(25)31(32,33)34/h7-9,18-20,23,35H,10-16H2,1-6H3,(H,36,38)/t18?,19?,20?,23-,29+,30-/m1/s1. The van der Waals surface area contributed by atoms with Gasteiger partial charge in [-0.15, -0.1) is 0 Å². The van der Waals surface area contributed by atoms with E-state index in [1.54, 1.807) is 6.07 Å². The van der Waals surface area contributed by atoms with Crippen molar-refractivity contribution in [2.24, 2.45) is 34.5 Å². The van der Waals surface area contributed by atoms with Crippen molar-refractivity contribution in [3.63, 3.8) is 0 Å². The molecule has 3 aliphatic carbocycles. The third-order valence-electron chi connectivity index (χ3n) is 10.7. The van der Waals surface area contributed by atoms with Crippen LogP contribution in [0.2, 0.25) is 0 Å². The lowest BCUT2D eigenvalue weighted by atomic mass is 9.49. The molecule has 4 nitrogen and oxygen atoms in total. The number of para-hydroxylation sites is 1. The SMILES string of the molecule is CC1=C2NCC3C(CC[C@@]4(C)C3CC[C@@H]4C(=O)Nc3c(C(C)(C)C)cccc3C(F)(F)F)[C@@]2(C)CCC1=O. The number of hydrogen-bond donors (Lipinski definition) is 2. The molecule has 208 valence electrons. The fraction of sp³-hybridized carbons (Fsp3) is 0.677. The number of nitrogens with one attached hydrogen (secondary N) is 2. The number of carbonyl (C=O) groups excluding carboxylic acids is 2. The van der Waals surface area contributed by atoms with Crippen molar-refractivity contribution >= 4 is 17.4 Å². The lowest BCUT2D eigenvalue weighted by Crippen LogP contribution is -2.57. The van der Waals surface area contributed by atoms with E-state index in [2.05, 4.69) is 24.5 Å². The number of Topliss-reactive ketones (excluding diaryl/α,β-unsaturated/α-hetero) is 1. The second kappa shape index (κ2) is 8.85. The summed E-state index contributed by atoms with van der Waals surface area (Å²) in [4.78, 5) is 26.2. The number of allylic oxidation sites excluding steroid dienone is 2. The van der Waals surface area contributed by atoms with E-state index in [0.29, 0.717) is 36.2 Å². The molecule has 1 aromatic rings. The Morgan fingerprint density at radius 2 is 1.71 bits per heavy atom. The van der Waals surface area contributed by atoms with Gasteiger partial charge in [-0.05, 0) is 79.2 Å². The Labute approximate surface area is 224 Å². The fourth-order valence-electron chi connectivity index (χ4n) is 8.73. The van der Waals surface area contributed by atoms with Crippen molar-refractivity contribution in [1.82, 2.24) is 5.32 Å². The van der Waals surface area contributed by atoms with Gasteiger partial charge in [-0.3, -0.25) is 9.59 Å². The van der Waals surface area contributed by atoms with Crippen LogP contribution in [0.25, 0.3) is 0 Å². The highest BCUT2D eigenvalue weighted by Crippen LogP contribution is 2.64. The number of alkyl halides is 3. The summed E-state index contributed by atoms with van der Waals surface area (Å²) in [5, 5.41) is 6.44. The van der Waals surface area contributed by atoms with E-state index in [0.717, 1.165) is 49.6 Å². The predicted octanol–water partition coefficient (Wildman–Crippen LogP) is 7.25. The molecule has 1 amide bonds. The summed E-state index contributed by atoms with van der Waals surface area (Å²) < 4.78 is 42.0. The van der Waals surface area contributed by atoms with E-state index in [1.807, 2.05) is 27.7 Å². The van der Waals surface area contributed by atoms with Crippen molar-refractivity contribution < 1.29 is 22.8 Å². The molecule has 0 bridgehead atoms. The average Bonchev–Trinajstić information content (AvgIpc) is 3.18. The molecule has 2 N–H and O–H groups in total. The van der Waals surface area contributed by atoms with Gasteiger partial charge in [0.25, 0.3) is 0 Å². The Bertz CT molecular complexity index is 1160. The molecule has 5 rings (SSSR count). The Hall–Kier alpha value is -2.31. The van der Waals surface area contributed by atoms with Crippen molar-refractivity contribution in [3.05, 3.63) is 40.6 Å². The van der Waals surface area contributed by atoms with E-state index in [-0.39, 0.29) is 34.1 Å². The number of benzene rings is 1. The summed E-state index contributed by atoms with van der Waals surface area (Å²) in [5.41, 5.74) is 0.717. The number of amides is 1. The van der Waals surface area contributed by atoms with Gasteiger partial charge >= 0.3 is 6.18 Å². The van der Waals surface area contributed by atoms with Crippen molar-refractivity contribution in [2.45, 2.75) is 91.7 Å². The number of halogens is 3. The van der Waals surface area contributed by atoms with Crippen LogP contribution in [-0.4, -0.2) is 18.2 Å². The van der Waals surface area contributed by atoms with E-state index < -0.39 is 17.2 Å². The molecule has 1 heterocycles. The molecule has 1 aromatic carbocycles. The number of piperidine rings is 1. The minimum atomic E-state index is -4.56. The van der Waals surface area contributed by atoms with Crippen LogP contribution in [0.1, 0.15) is 91.2 Å². The summed E-state index contributed by atoms with van der Waals surface area (Å²) in [5.74, 6) is 0.762. The molecule has 3 unspecified atom stereocenters. The van der Waals surface area contributed by atoms with Gasteiger partial charge in [-0.25, -0.2) is 0 Å². The molecular weight excluding hydrogens is 489 g/mol. The number of carbonyl (C=O) groups is 2. The topological polar surface area (TPSA) is 58.2 Å². The van der Waals surface area contributed by atoms with Gasteiger partial charge in [-0.2, -0.15) is 13.2 Å². The maximum absolute atomic E-state index is 14.0. The quantitative estimate of drug-likeness (QED) is 0.424. The van der Waals surface area contributed by atoms with Gasteiger partial charge in [0, 0.05) is 35.6 Å². The van der Waals surface area contributed by atoms with Crippen molar-refractivity contribution in [3.8, 4) is 0 Å². The lowest BCUT2D eigenvalue weighted by Gasteiger charge is -2.58. The van der Waals surface area contributed by atoms with Gasteiger partial charge in [0.2, 0.25) is 5.91 Å². The molecular formula is C31H41F3N2O2. The molecule has 38 heavy (non-hydrogen) atoms. The third kappa shape index (κ3) is 4.10. The Morgan fingerprint density at radius 3 is 2.37 bits per heavy atom. The third-order valence-corrected chi connectivity index (χ3v) is 10.7. The zero-order chi connectivity index (χ0) is 27.8. The van der Waals surface area contributed by atoms with Gasteiger partial charge in [0.05, 0.1) is 11.3 Å². The Balaban J connectivity index is 1.43. The van der Waals surface area contributed by atoms with Gasteiger partial charge in [0.15, 0.2) is 5.78 Å². The van der Waals surface area contributed by atoms with E-state index >= 15 is 0 Å². The van der Waals surface area contributed by atoms with Gasteiger partial charge in [0.1, 0.15) is 0 Å². The molecule has 4 aliphatic rings. The highest BCUT2D eigenvalue weighted by molar-refractivity contribution is 5.97. The first-order valence-corrected chi connectivity index (χ1v) is 14.1. The number of rotatable bonds is 2. The summed E-state index contributed by atoms with van der Waals surface area (Å²) in [6.07, 6.45) is 0.306. The second-order valence-electron chi connectivity index (χ2n) is 13.7. The minimum absolute atomic E-state index is 0.0597. The maximum Gasteiger partial charge on any atom is 0.418 e. The van der Waals surface area contributed by atoms with Crippen LogP contribution in [0.4, 0.5) is 18.9 Å². The largest absolute Gasteiger partial charge is 0.418 e. The molecule has 6 atom stereocenters. The van der Waals surface area contributed by atoms with Gasteiger partial charge in [-0.1, -0.05) is 46.8 Å². The van der Waals surface area contributed by atoms with Crippen LogP contribution in [-0.2, 0) is 21.2 Å². The van der Waals surface area contributed by atoms with E-state index in [4.69, 9.17) is 0 Å². The number of fused-ring (bicyclic) bond motifs is 5. The molecule has 0 radical (unpaired) electrons. The fourth-order valence-corrected chi connectivity index (χ4v) is 8.73. The number of ketones is 1. The molecule has 3 fully saturated rings. The predicted molar refractivity (Wildman–Crippen MR) is 142 cm³/mol. The zero-order valence-electron chi connectivity index (χ0n) is 23.4. The normalized spacial score (nSPS) is 35.2. The summed E-state index contributed by atoms with van der Waals surface area (Å²) >= 11 is 0. The van der Waals surface area contributed by atoms with Gasteiger partial charge < -0.3 is 10.6 Å². The van der Waals surface area contributed by atoms with Crippen LogP contribution in [0, 0.1) is 34.5 Å². The lowest BCUT2D eigenvalue weighted by molar-refractivity contribution is -0.137. The second-order valence-corrected chi connectivity index (χ2v) is 13.7. The van der Waals surface area contributed by atoms with Crippen LogP contribution in [0.15, 0.2) is 29.5 Å². The summed E-state index contributed by atoms with van der Waals surface area (Å²) in [6.45, 7) is 12.8. The average molecular weight is 531 g/mol. The monoisotopic (exact) mass is 530 g/mol. The Morgan fingerprint density at radius 1 is 1.03 bits per heavy atom. The van der Waals surface area contributed by atoms with E-state index in [1.165, 1.54) is 6.07 Å². The zero-order valence-corrected chi connectivity index (χ0v) is 23.4. The summed E-state index contributed by atoms with van der Waals surface area (Å²) in [7, 11) is 0. The Kier molecular flexibility index (Phi) is 6.35. The maximum atomic E-state index is 14.0. The molecule has 0 spiro atoms. The minimum Gasteiger partial charge on any atom is -0.387 e. The van der Waals surface area contributed by atoms with Crippen molar-refractivity contribution in [2.75, 3.05) is 11.9 Å². The molecule has 0 aromatic heterocycles. The molecule has 2 saturated carbocycles. The molecule has 1 aliphatic heterocycles. The van der Waals surface area contributed by atoms with E-state index in [9.17, 15) is 22.8 Å². The smallest absolute Gasteiger partial charge is 0.387 e. The number of anilines is 1. The van der Waals surface area contributed by atoms with Crippen LogP contribution in [0.5, 0.6) is 0 Å². The first kappa shape index (κ1) is 27.3. The number of hydrogen-bond acceptors (Lipinski definition) is 3. The van der Waals surface area contributed by atoms with Crippen LogP contribution >= 0.6 is 0 Å². The first-order valence-electron chi connectivity index (χ1n) is 14.1. The highest BCUT2D eigenvalue weighted by atomic mass is 19.4. The van der Waals surface area contributed by atoms with Crippen LogP contribution in [0.3, 0.4) is 0 Å². The van der Waals surface area contributed by atoms with Crippen molar-refractivity contribution in [1.29, 1.82) is 0 Å². The molecule has 7 heteroatoms. The highest BCUT2D eigenvalue weighted by Gasteiger charge is 2.61.